The summed E-state index contributed by atoms with van der Waals surface area (Å²) in [5, 5.41) is 8.99. The number of carbonyl (C=O) groups is 1. The van der Waals surface area contributed by atoms with Crippen LogP contribution in [0.1, 0.15) is 49.1 Å². The fourth-order valence-electron chi connectivity index (χ4n) is 4.67. The zero-order chi connectivity index (χ0) is 30.7. The molecule has 7 nitrogen and oxygen atoms in total. The van der Waals surface area contributed by atoms with Crippen molar-refractivity contribution in [3.8, 4) is 11.8 Å². The maximum absolute atomic E-state index is 13.9. The lowest BCUT2D eigenvalue weighted by Gasteiger charge is -2.25. The minimum atomic E-state index is -0.662. The highest BCUT2D eigenvalue weighted by molar-refractivity contribution is 9.10. The molecule has 0 amide bonds. The van der Waals surface area contributed by atoms with Crippen LogP contribution in [0.5, 0.6) is 5.75 Å². The van der Waals surface area contributed by atoms with E-state index < -0.39 is 12.0 Å². The van der Waals surface area contributed by atoms with Gasteiger partial charge in [-0.15, -0.1) is 11.8 Å². The number of fused-ring (bicyclic) bond motifs is 1. The van der Waals surface area contributed by atoms with Gasteiger partial charge < -0.3 is 9.47 Å². The first-order valence-corrected chi connectivity index (χ1v) is 16.3. The molecule has 0 saturated carbocycles. The molecule has 218 valence electrons. The average molecular weight is 675 g/mol. The Hall–Kier alpha value is -3.91. The predicted molar refractivity (Wildman–Crippen MR) is 173 cm³/mol. The average Bonchev–Trinajstić information content (AvgIpc) is 3.29. The smallest absolute Gasteiger partial charge is 0.338 e. The third-order valence-corrected chi connectivity index (χ3v) is 9.09. The topological polar surface area (TPSA) is 93.7 Å². The maximum Gasteiger partial charge on any atom is 0.338 e. The van der Waals surface area contributed by atoms with E-state index >= 15 is 0 Å². The summed E-state index contributed by atoms with van der Waals surface area (Å²) in [7, 11) is 0. The number of thioether (sulfide) groups is 1. The van der Waals surface area contributed by atoms with E-state index in [9.17, 15) is 9.59 Å². The molecule has 1 atom stereocenters. The number of nitrogens with zero attached hydrogens (tertiary/aromatic N) is 3. The van der Waals surface area contributed by atoms with E-state index in [4.69, 9.17) is 14.7 Å². The highest BCUT2D eigenvalue weighted by atomic mass is 79.9. The summed E-state index contributed by atoms with van der Waals surface area (Å²) in [5.74, 6) is 0.172. The highest BCUT2D eigenvalue weighted by Gasteiger charge is 2.33. The molecular weight excluding hydrogens is 646 g/mol. The van der Waals surface area contributed by atoms with Crippen molar-refractivity contribution in [3.63, 3.8) is 0 Å². The molecule has 43 heavy (non-hydrogen) atoms. The Bertz CT molecular complexity index is 1940. The Balaban J connectivity index is 1.50. The van der Waals surface area contributed by atoms with E-state index in [1.165, 1.54) is 11.3 Å². The molecule has 2 heterocycles. The van der Waals surface area contributed by atoms with Crippen molar-refractivity contribution in [3.05, 3.63) is 124 Å². The quantitative estimate of drug-likeness (QED) is 0.165. The summed E-state index contributed by atoms with van der Waals surface area (Å²) >= 11 is 6.49. The summed E-state index contributed by atoms with van der Waals surface area (Å²) in [4.78, 5) is 33.5. The van der Waals surface area contributed by atoms with Crippen LogP contribution < -0.4 is 19.6 Å². The number of carbonyl (C=O) groups excluding carboxylic acids is 1. The van der Waals surface area contributed by atoms with Gasteiger partial charge in [0.25, 0.3) is 5.56 Å². The van der Waals surface area contributed by atoms with Gasteiger partial charge in [0.15, 0.2) is 4.80 Å². The number of ether oxygens (including phenoxy) is 2. The number of hydrogen-bond donors (Lipinski definition) is 0. The maximum atomic E-state index is 13.9. The van der Waals surface area contributed by atoms with Crippen LogP contribution in [0.25, 0.3) is 6.08 Å². The summed E-state index contributed by atoms with van der Waals surface area (Å²) in [6.45, 7) is 5.73. The standard InChI is InChI=1S/C33H28BrN3O4S2/c1-19(2)41-32(39)29-20(3)36-33-37(30(29)24-10-12-25(42-4)13-11-24)31(38)28(43-33)16-23-9-14-27(26(34)15-23)40-18-22-7-5-21(17-35)6-8-22/h5-16,19,30H,18H2,1-4H3/b28-16-/t30-/m1/s1. The zero-order valence-corrected chi connectivity index (χ0v) is 27.2. The second-order valence-electron chi connectivity index (χ2n) is 10.1. The molecule has 1 aliphatic rings. The van der Waals surface area contributed by atoms with Crippen molar-refractivity contribution in [1.29, 1.82) is 5.26 Å². The van der Waals surface area contributed by atoms with Crippen LogP contribution in [0.2, 0.25) is 0 Å². The first kappa shape index (κ1) is 30.5. The van der Waals surface area contributed by atoms with E-state index in [-0.39, 0.29) is 11.7 Å². The molecule has 0 bridgehead atoms. The Morgan fingerprint density at radius 2 is 1.88 bits per heavy atom. The number of nitriles is 1. The molecular formula is C33H28BrN3O4S2. The summed E-state index contributed by atoms with van der Waals surface area (Å²) in [5.41, 5.74) is 3.81. The van der Waals surface area contributed by atoms with E-state index in [0.717, 1.165) is 26.1 Å². The van der Waals surface area contributed by atoms with Crippen molar-refractivity contribution in [1.82, 2.24) is 4.57 Å². The lowest BCUT2D eigenvalue weighted by molar-refractivity contribution is -0.143. The van der Waals surface area contributed by atoms with Crippen LogP contribution in [0.3, 0.4) is 0 Å². The van der Waals surface area contributed by atoms with Crippen LogP contribution >= 0.6 is 39.0 Å². The number of thiazole rings is 1. The number of hydrogen-bond acceptors (Lipinski definition) is 8. The molecule has 5 rings (SSSR count). The first-order chi connectivity index (χ1) is 20.7. The van der Waals surface area contributed by atoms with Gasteiger partial charge in [0.1, 0.15) is 12.4 Å². The van der Waals surface area contributed by atoms with E-state index in [1.807, 2.05) is 66.9 Å². The fraction of sp³-hybridized carbons (Fsp3) is 0.212. The zero-order valence-electron chi connectivity index (χ0n) is 24.0. The van der Waals surface area contributed by atoms with Gasteiger partial charge >= 0.3 is 5.97 Å². The molecule has 0 fully saturated rings. The van der Waals surface area contributed by atoms with Gasteiger partial charge in [-0.3, -0.25) is 9.36 Å². The number of allylic oxidation sites excluding steroid dienone is 1. The van der Waals surface area contributed by atoms with Crippen molar-refractivity contribution in [2.75, 3.05) is 6.26 Å². The third-order valence-electron chi connectivity index (χ3n) is 6.75. The molecule has 0 spiro atoms. The second-order valence-corrected chi connectivity index (χ2v) is 12.8. The molecule has 0 N–H and O–H groups in total. The van der Waals surface area contributed by atoms with Crippen LogP contribution in [-0.2, 0) is 16.1 Å². The molecule has 10 heteroatoms. The summed E-state index contributed by atoms with van der Waals surface area (Å²) in [6.07, 6.45) is 3.50. The van der Waals surface area contributed by atoms with Crippen molar-refractivity contribution in [2.45, 2.75) is 44.4 Å². The number of aromatic nitrogens is 1. The number of rotatable bonds is 8. The van der Waals surface area contributed by atoms with Crippen LogP contribution in [0.4, 0.5) is 0 Å². The Labute approximate surface area is 265 Å². The van der Waals surface area contributed by atoms with Gasteiger partial charge in [-0.2, -0.15) is 5.26 Å². The molecule has 1 aromatic heterocycles. The van der Waals surface area contributed by atoms with Gasteiger partial charge in [0.2, 0.25) is 0 Å². The van der Waals surface area contributed by atoms with E-state index in [2.05, 4.69) is 27.0 Å². The lowest BCUT2D eigenvalue weighted by Crippen LogP contribution is -2.40. The third kappa shape index (κ3) is 6.69. The summed E-state index contributed by atoms with van der Waals surface area (Å²) in [6, 6.07) is 22.2. The summed E-state index contributed by atoms with van der Waals surface area (Å²) < 4.78 is 14.4. The number of halogens is 1. The van der Waals surface area contributed by atoms with E-state index in [0.29, 0.717) is 38.5 Å². The number of esters is 1. The van der Waals surface area contributed by atoms with Gasteiger partial charge in [-0.05, 0) is 102 Å². The Kier molecular flexibility index (Phi) is 9.35. The molecule has 0 aliphatic carbocycles. The van der Waals surface area contributed by atoms with Gasteiger partial charge in [0.05, 0.1) is 44.1 Å². The van der Waals surface area contributed by atoms with E-state index in [1.54, 1.807) is 49.2 Å². The fourth-order valence-corrected chi connectivity index (χ4v) is 6.64. The van der Waals surface area contributed by atoms with Gasteiger partial charge in [-0.25, -0.2) is 9.79 Å². The van der Waals surface area contributed by atoms with Crippen molar-refractivity contribution in [2.24, 2.45) is 4.99 Å². The van der Waals surface area contributed by atoms with Gasteiger partial charge in [-0.1, -0.05) is 41.7 Å². The molecule has 0 radical (unpaired) electrons. The molecule has 1 aliphatic heterocycles. The Morgan fingerprint density at radius 1 is 1.16 bits per heavy atom. The van der Waals surface area contributed by atoms with Crippen LogP contribution in [0.15, 0.2) is 97.2 Å². The SMILES string of the molecule is CSc1ccc([C@@H]2C(C(=O)OC(C)C)=C(C)N=c3s/c(=C\c4ccc(OCc5ccc(C#N)cc5)c(Br)c4)c(=O)n32)cc1. The minimum absolute atomic E-state index is 0.234. The number of benzene rings is 3. The van der Waals surface area contributed by atoms with Crippen molar-refractivity contribution < 1.29 is 14.3 Å². The minimum Gasteiger partial charge on any atom is -0.488 e. The molecule has 0 saturated heterocycles. The monoisotopic (exact) mass is 673 g/mol. The van der Waals surface area contributed by atoms with Crippen molar-refractivity contribution >= 4 is 51.1 Å². The first-order valence-electron chi connectivity index (χ1n) is 13.5. The predicted octanol–water partition coefficient (Wildman–Crippen LogP) is 6.12. The molecule has 3 aromatic carbocycles. The van der Waals surface area contributed by atoms with Gasteiger partial charge in [0, 0.05) is 4.90 Å². The van der Waals surface area contributed by atoms with Crippen LogP contribution in [0, 0.1) is 11.3 Å². The molecule has 0 unspecified atom stereocenters. The Morgan fingerprint density at radius 3 is 2.51 bits per heavy atom. The highest BCUT2D eigenvalue weighted by Crippen LogP contribution is 2.32. The normalized spacial score (nSPS) is 14.7. The van der Waals surface area contributed by atoms with Crippen LogP contribution in [-0.4, -0.2) is 22.9 Å². The largest absolute Gasteiger partial charge is 0.488 e. The lowest BCUT2D eigenvalue weighted by atomic mass is 9.96. The molecule has 4 aromatic rings. The second kappa shape index (κ2) is 13.2.